The average Bonchev–Trinajstić information content (AvgIpc) is 2.10. The zero-order valence-corrected chi connectivity index (χ0v) is 10.6. The van der Waals surface area contributed by atoms with E-state index in [-0.39, 0.29) is 6.42 Å². The average molecular weight is 259 g/mol. The Morgan fingerprint density at radius 1 is 1.44 bits per heavy atom. The van der Waals surface area contributed by atoms with E-state index in [1.807, 2.05) is 0 Å². The number of carbonyl (C=O) groups is 2. The van der Waals surface area contributed by atoms with Crippen LogP contribution in [0.25, 0.3) is 0 Å². The van der Waals surface area contributed by atoms with Crippen LogP contribution in [0, 0.1) is 10.1 Å². The molecule has 0 heterocycles. The Morgan fingerprint density at radius 3 is 2.44 bits per heavy atom. The molecular weight excluding hydrogens is 242 g/mol. The molecule has 0 unspecified atom stereocenters. The van der Waals surface area contributed by atoms with Crippen LogP contribution in [-0.2, 0) is 14.3 Å². The Labute approximate surface area is 105 Å². The number of nitro groups is 1. The lowest BCUT2D eigenvalue weighted by atomic mass is 10.1. The summed E-state index contributed by atoms with van der Waals surface area (Å²) in [5, 5.41) is 19.2. The van der Waals surface area contributed by atoms with Crippen LogP contribution in [0.1, 0.15) is 33.6 Å². The molecule has 1 N–H and O–H groups in total. The van der Waals surface area contributed by atoms with Crippen LogP contribution in [0.3, 0.4) is 0 Å². The minimum atomic E-state index is -1.27. The summed E-state index contributed by atoms with van der Waals surface area (Å²) in [7, 11) is 0. The van der Waals surface area contributed by atoms with Crippen molar-refractivity contribution in [3.8, 4) is 0 Å². The van der Waals surface area contributed by atoms with Crippen LogP contribution >= 0.6 is 0 Å². The molecule has 0 aliphatic carbocycles. The van der Waals surface area contributed by atoms with E-state index in [4.69, 9.17) is 4.74 Å². The van der Waals surface area contributed by atoms with E-state index >= 15 is 0 Å². The van der Waals surface area contributed by atoms with Crippen molar-refractivity contribution in [3.63, 3.8) is 0 Å². The molecule has 0 aliphatic heterocycles. The van der Waals surface area contributed by atoms with Gasteiger partial charge in [-0.2, -0.15) is 0 Å². The van der Waals surface area contributed by atoms with Crippen LogP contribution in [-0.4, -0.2) is 33.5 Å². The van der Waals surface area contributed by atoms with Gasteiger partial charge in [0.05, 0.1) is 11.0 Å². The van der Waals surface area contributed by atoms with E-state index in [9.17, 15) is 24.8 Å². The molecule has 0 bridgehead atoms. The van der Waals surface area contributed by atoms with Crippen molar-refractivity contribution in [2.24, 2.45) is 0 Å². The Kier molecular flexibility index (Phi) is 6.18. The second-order valence-electron chi connectivity index (χ2n) is 4.70. The van der Waals surface area contributed by atoms with E-state index in [0.29, 0.717) is 6.20 Å². The molecule has 0 saturated carbocycles. The van der Waals surface area contributed by atoms with Crippen molar-refractivity contribution >= 4 is 11.8 Å². The summed E-state index contributed by atoms with van der Waals surface area (Å²) in [6, 6.07) is 0. The summed E-state index contributed by atoms with van der Waals surface area (Å²) in [5.41, 5.74) is -0.679. The fourth-order valence-corrected chi connectivity index (χ4v) is 1.08. The van der Waals surface area contributed by atoms with E-state index in [2.05, 4.69) is 0 Å². The molecule has 0 fully saturated rings. The first-order chi connectivity index (χ1) is 8.10. The third-order valence-electron chi connectivity index (χ3n) is 1.63. The summed E-state index contributed by atoms with van der Waals surface area (Å²) >= 11 is 0. The maximum atomic E-state index is 11.3. The molecule has 0 aromatic carbocycles. The highest BCUT2D eigenvalue weighted by Gasteiger charge is 2.20. The number of ether oxygens (including phenoxy) is 1. The van der Waals surface area contributed by atoms with Gasteiger partial charge >= 0.3 is 5.97 Å². The molecule has 7 heteroatoms. The topological polar surface area (TPSA) is 107 Å². The third-order valence-corrected chi connectivity index (χ3v) is 1.63. The smallest absolute Gasteiger partial charge is 0.313 e. The lowest BCUT2D eigenvalue weighted by Crippen LogP contribution is -2.26. The number of hydrogen-bond acceptors (Lipinski definition) is 6. The van der Waals surface area contributed by atoms with Crippen molar-refractivity contribution < 1.29 is 24.4 Å². The molecule has 0 aliphatic rings. The van der Waals surface area contributed by atoms with Crippen molar-refractivity contribution in [2.75, 3.05) is 0 Å². The van der Waals surface area contributed by atoms with Crippen molar-refractivity contribution in [1.82, 2.24) is 0 Å². The van der Waals surface area contributed by atoms with Gasteiger partial charge in [0.1, 0.15) is 17.8 Å². The van der Waals surface area contributed by atoms with E-state index in [0.717, 1.165) is 6.08 Å². The predicted octanol–water partition coefficient (Wildman–Crippen LogP) is 0.829. The van der Waals surface area contributed by atoms with Crippen LogP contribution in [0.15, 0.2) is 12.3 Å². The molecule has 0 saturated heterocycles. The van der Waals surface area contributed by atoms with Gasteiger partial charge in [-0.25, -0.2) is 0 Å². The normalized spacial score (nSPS) is 13.3. The molecule has 0 spiro atoms. The highest BCUT2D eigenvalue weighted by atomic mass is 16.6. The van der Waals surface area contributed by atoms with Crippen LogP contribution in [0.5, 0.6) is 0 Å². The Balaban J connectivity index is 4.12. The van der Waals surface area contributed by atoms with Gasteiger partial charge < -0.3 is 9.84 Å². The molecule has 0 aromatic heterocycles. The highest BCUT2D eigenvalue weighted by Crippen LogP contribution is 2.09. The number of carbonyl (C=O) groups excluding carboxylic acids is 2. The molecule has 1 atom stereocenters. The quantitative estimate of drug-likeness (QED) is 0.327. The minimum Gasteiger partial charge on any atom is -0.460 e. The first-order valence-corrected chi connectivity index (χ1v) is 5.33. The van der Waals surface area contributed by atoms with E-state index in [1.54, 1.807) is 20.8 Å². The second kappa shape index (κ2) is 6.85. The Hall–Kier alpha value is -1.76. The Bertz CT molecular complexity index is 355. The SMILES string of the molecule is CC(C)(C)OC(=O)CC(=O)C[C@H](O)C=C[N+](=O)[O-]. The van der Waals surface area contributed by atoms with Gasteiger partial charge in [0.2, 0.25) is 6.20 Å². The van der Waals surface area contributed by atoms with Crippen molar-refractivity contribution in [3.05, 3.63) is 22.4 Å². The Morgan fingerprint density at radius 2 is 2.00 bits per heavy atom. The summed E-state index contributed by atoms with van der Waals surface area (Å²) < 4.78 is 4.92. The number of aliphatic hydroxyl groups is 1. The van der Waals surface area contributed by atoms with Gasteiger partial charge in [-0.3, -0.25) is 19.7 Å². The fraction of sp³-hybridized carbons (Fsp3) is 0.636. The summed E-state index contributed by atoms with van der Waals surface area (Å²) in [6.07, 6.45) is -0.659. The van der Waals surface area contributed by atoms with Gasteiger partial charge in [-0.15, -0.1) is 0 Å². The highest BCUT2D eigenvalue weighted by molar-refractivity contribution is 5.95. The monoisotopic (exact) mass is 259 g/mol. The molecule has 0 radical (unpaired) electrons. The second-order valence-corrected chi connectivity index (χ2v) is 4.70. The molecule has 0 rings (SSSR count). The number of esters is 1. The number of aliphatic hydroxyl groups excluding tert-OH is 1. The zero-order valence-electron chi connectivity index (χ0n) is 10.6. The van der Waals surface area contributed by atoms with Crippen LogP contribution < -0.4 is 0 Å². The number of ketones is 1. The van der Waals surface area contributed by atoms with E-state index in [1.165, 1.54) is 0 Å². The fourth-order valence-electron chi connectivity index (χ4n) is 1.08. The summed E-state index contributed by atoms with van der Waals surface area (Å²) in [4.78, 5) is 31.8. The molecular formula is C11H17NO6. The maximum absolute atomic E-state index is 11.3. The first kappa shape index (κ1) is 16.2. The largest absolute Gasteiger partial charge is 0.460 e. The number of hydrogen-bond donors (Lipinski definition) is 1. The van der Waals surface area contributed by atoms with Gasteiger partial charge in [0.15, 0.2) is 0 Å². The van der Waals surface area contributed by atoms with Gasteiger partial charge in [-0.1, -0.05) is 0 Å². The predicted molar refractivity (Wildman–Crippen MR) is 62.2 cm³/mol. The summed E-state index contributed by atoms with van der Waals surface area (Å²) in [6.45, 7) is 5.01. The minimum absolute atomic E-state index is 0.358. The number of nitrogens with zero attached hydrogens (tertiary/aromatic N) is 1. The summed E-state index contributed by atoms with van der Waals surface area (Å²) in [5.74, 6) is -1.22. The van der Waals surface area contributed by atoms with Gasteiger partial charge in [0, 0.05) is 12.5 Å². The molecule has 18 heavy (non-hydrogen) atoms. The number of rotatable bonds is 6. The lowest BCUT2D eigenvalue weighted by molar-refractivity contribution is -0.402. The maximum Gasteiger partial charge on any atom is 0.313 e. The third kappa shape index (κ3) is 9.46. The first-order valence-electron chi connectivity index (χ1n) is 5.33. The zero-order chi connectivity index (χ0) is 14.3. The van der Waals surface area contributed by atoms with E-state index < -0.39 is 34.8 Å². The standard InChI is InChI=1S/C11H17NO6/c1-11(2,3)18-10(15)7-9(14)6-8(13)4-5-12(16)17/h4-5,8,13H,6-7H2,1-3H3/t8-/m1/s1. The molecule has 0 aromatic rings. The van der Waals surface area contributed by atoms with Crippen molar-refractivity contribution in [1.29, 1.82) is 0 Å². The molecule has 7 nitrogen and oxygen atoms in total. The van der Waals surface area contributed by atoms with Crippen LogP contribution in [0.2, 0.25) is 0 Å². The molecule has 0 amide bonds. The van der Waals surface area contributed by atoms with Gasteiger partial charge in [-0.05, 0) is 20.8 Å². The van der Waals surface area contributed by atoms with Crippen LogP contribution in [0.4, 0.5) is 0 Å². The van der Waals surface area contributed by atoms with Crippen molar-refractivity contribution in [2.45, 2.75) is 45.3 Å². The lowest BCUT2D eigenvalue weighted by Gasteiger charge is -2.19. The van der Waals surface area contributed by atoms with Gasteiger partial charge in [0.25, 0.3) is 0 Å². The molecule has 102 valence electrons. The number of Topliss-reactive ketones (excluding diaryl/α,β-unsaturated/α-hetero) is 1.